The minimum absolute atomic E-state index is 0.277. The lowest BCUT2D eigenvalue weighted by molar-refractivity contribution is 0.0733. The van der Waals surface area contributed by atoms with Crippen LogP contribution in [0.5, 0.6) is 0 Å². The predicted molar refractivity (Wildman–Crippen MR) is 69.2 cm³/mol. The van der Waals surface area contributed by atoms with Gasteiger partial charge in [-0.3, -0.25) is 0 Å². The third kappa shape index (κ3) is 4.94. The number of nitrogens with zero attached hydrogens (tertiary/aromatic N) is 1. The van der Waals surface area contributed by atoms with E-state index in [-0.39, 0.29) is 11.3 Å². The van der Waals surface area contributed by atoms with Crippen LogP contribution in [0.25, 0.3) is 0 Å². The number of oxime groups is 1. The number of ether oxygens (including phenoxy) is 1. The van der Waals surface area contributed by atoms with Crippen molar-refractivity contribution >= 4 is 5.84 Å². The number of amidine groups is 1. The normalized spacial score (nSPS) is 19.5. The molecular formula is C13H26N2O2. The fourth-order valence-corrected chi connectivity index (χ4v) is 2.19. The van der Waals surface area contributed by atoms with Gasteiger partial charge in [-0.1, -0.05) is 38.3 Å². The molecule has 4 heteroatoms. The first kappa shape index (κ1) is 14.3. The number of rotatable bonds is 6. The van der Waals surface area contributed by atoms with Crippen molar-refractivity contribution in [3.63, 3.8) is 0 Å². The van der Waals surface area contributed by atoms with Crippen LogP contribution in [0.4, 0.5) is 0 Å². The Morgan fingerprint density at radius 3 is 2.59 bits per heavy atom. The van der Waals surface area contributed by atoms with Gasteiger partial charge in [0.2, 0.25) is 0 Å². The Balaban J connectivity index is 2.14. The second-order valence-electron chi connectivity index (χ2n) is 5.70. The van der Waals surface area contributed by atoms with E-state index in [9.17, 15) is 0 Å². The van der Waals surface area contributed by atoms with Crippen LogP contribution < -0.4 is 5.73 Å². The van der Waals surface area contributed by atoms with E-state index < -0.39 is 0 Å². The van der Waals surface area contributed by atoms with E-state index in [1.54, 1.807) is 0 Å². The van der Waals surface area contributed by atoms with Crippen LogP contribution in [0.2, 0.25) is 0 Å². The van der Waals surface area contributed by atoms with Crippen LogP contribution in [0, 0.1) is 11.3 Å². The number of hydrogen-bond donors (Lipinski definition) is 2. The molecule has 17 heavy (non-hydrogen) atoms. The molecule has 1 saturated carbocycles. The molecule has 0 spiro atoms. The molecule has 1 rings (SSSR count). The second-order valence-corrected chi connectivity index (χ2v) is 5.70. The van der Waals surface area contributed by atoms with E-state index in [1.807, 2.05) is 13.8 Å². The maximum Gasteiger partial charge on any atom is 0.144 e. The molecule has 0 amide bonds. The van der Waals surface area contributed by atoms with Crippen LogP contribution in [0.1, 0.15) is 52.4 Å². The molecule has 0 aromatic carbocycles. The van der Waals surface area contributed by atoms with Crippen molar-refractivity contribution in [3.05, 3.63) is 0 Å². The molecule has 0 aromatic heterocycles. The van der Waals surface area contributed by atoms with E-state index in [1.165, 1.54) is 32.1 Å². The van der Waals surface area contributed by atoms with Crippen LogP contribution in [0.15, 0.2) is 5.16 Å². The van der Waals surface area contributed by atoms with Crippen molar-refractivity contribution in [2.75, 3.05) is 13.2 Å². The average Bonchev–Trinajstić information content (AvgIpc) is 2.35. The summed E-state index contributed by atoms with van der Waals surface area (Å²) in [6.07, 6.45) is 7.49. The molecule has 100 valence electrons. The molecule has 0 aromatic rings. The Morgan fingerprint density at radius 2 is 2.00 bits per heavy atom. The minimum Gasteiger partial charge on any atom is -0.409 e. The van der Waals surface area contributed by atoms with Gasteiger partial charge < -0.3 is 15.7 Å². The summed E-state index contributed by atoms with van der Waals surface area (Å²) in [7, 11) is 0. The van der Waals surface area contributed by atoms with Gasteiger partial charge in [0, 0.05) is 18.6 Å². The van der Waals surface area contributed by atoms with E-state index in [2.05, 4.69) is 5.16 Å². The van der Waals surface area contributed by atoms with Gasteiger partial charge in [-0.2, -0.15) is 0 Å². The molecule has 1 fully saturated rings. The smallest absolute Gasteiger partial charge is 0.144 e. The lowest BCUT2D eigenvalue weighted by Gasteiger charge is -2.24. The SMILES string of the molecule is CC(C)(CCOCC1CCCCC1)C(N)=NO. The van der Waals surface area contributed by atoms with Crippen molar-refractivity contribution in [2.45, 2.75) is 52.4 Å². The first-order chi connectivity index (χ1) is 8.06. The van der Waals surface area contributed by atoms with Crippen LogP contribution in [-0.4, -0.2) is 24.3 Å². The van der Waals surface area contributed by atoms with E-state index >= 15 is 0 Å². The zero-order chi connectivity index (χ0) is 12.7. The maximum absolute atomic E-state index is 8.65. The quantitative estimate of drug-likeness (QED) is 0.247. The largest absolute Gasteiger partial charge is 0.409 e. The molecule has 4 nitrogen and oxygen atoms in total. The minimum atomic E-state index is -0.290. The highest BCUT2D eigenvalue weighted by molar-refractivity contribution is 5.85. The topological polar surface area (TPSA) is 67.8 Å². The van der Waals surface area contributed by atoms with Crippen molar-refractivity contribution in [1.82, 2.24) is 0 Å². The Bertz CT molecular complexity index is 246. The molecule has 0 saturated heterocycles. The fraction of sp³-hybridized carbons (Fsp3) is 0.923. The monoisotopic (exact) mass is 242 g/mol. The lowest BCUT2D eigenvalue weighted by atomic mass is 9.88. The third-order valence-electron chi connectivity index (χ3n) is 3.75. The summed E-state index contributed by atoms with van der Waals surface area (Å²) in [5.41, 5.74) is 5.33. The molecular weight excluding hydrogens is 216 g/mol. The first-order valence-corrected chi connectivity index (χ1v) is 6.62. The molecule has 0 aliphatic heterocycles. The standard InChI is InChI=1S/C13H26N2O2/c1-13(2,12(14)15-16)8-9-17-10-11-6-4-3-5-7-11/h11,16H,3-10H2,1-2H3,(H2,14,15). The van der Waals surface area contributed by atoms with Crippen LogP contribution in [-0.2, 0) is 4.74 Å². The zero-order valence-electron chi connectivity index (χ0n) is 11.1. The summed E-state index contributed by atoms with van der Waals surface area (Å²) in [5.74, 6) is 1.02. The summed E-state index contributed by atoms with van der Waals surface area (Å²) in [6.45, 7) is 5.48. The highest BCUT2D eigenvalue weighted by atomic mass is 16.5. The second kappa shape index (κ2) is 6.84. The fourth-order valence-electron chi connectivity index (χ4n) is 2.19. The zero-order valence-corrected chi connectivity index (χ0v) is 11.1. The summed E-state index contributed by atoms with van der Waals surface area (Å²) in [5, 5.41) is 11.7. The third-order valence-corrected chi connectivity index (χ3v) is 3.75. The van der Waals surface area contributed by atoms with Gasteiger partial charge >= 0.3 is 0 Å². The van der Waals surface area contributed by atoms with Gasteiger partial charge in [0.1, 0.15) is 5.84 Å². The average molecular weight is 242 g/mol. The summed E-state index contributed by atoms with van der Waals surface area (Å²) in [4.78, 5) is 0. The van der Waals surface area contributed by atoms with Crippen molar-refractivity contribution in [2.24, 2.45) is 22.2 Å². The molecule has 1 aliphatic rings. The van der Waals surface area contributed by atoms with Crippen molar-refractivity contribution < 1.29 is 9.94 Å². The maximum atomic E-state index is 8.65. The lowest BCUT2D eigenvalue weighted by Crippen LogP contribution is -2.33. The van der Waals surface area contributed by atoms with Crippen LogP contribution >= 0.6 is 0 Å². The number of hydrogen-bond acceptors (Lipinski definition) is 3. The molecule has 0 bridgehead atoms. The van der Waals surface area contributed by atoms with Crippen molar-refractivity contribution in [1.29, 1.82) is 0 Å². The van der Waals surface area contributed by atoms with E-state index in [0.717, 1.165) is 18.9 Å². The van der Waals surface area contributed by atoms with Gasteiger partial charge in [0.15, 0.2) is 0 Å². The molecule has 3 N–H and O–H groups in total. The highest BCUT2D eigenvalue weighted by Gasteiger charge is 2.23. The highest BCUT2D eigenvalue weighted by Crippen LogP contribution is 2.24. The Kier molecular flexibility index (Phi) is 5.75. The van der Waals surface area contributed by atoms with E-state index in [4.69, 9.17) is 15.7 Å². The molecule has 0 atom stereocenters. The van der Waals surface area contributed by atoms with E-state index in [0.29, 0.717) is 6.61 Å². The Morgan fingerprint density at radius 1 is 1.35 bits per heavy atom. The summed E-state index contributed by atoms with van der Waals surface area (Å²) in [6, 6.07) is 0. The molecule has 0 radical (unpaired) electrons. The van der Waals surface area contributed by atoms with Crippen LogP contribution in [0.3, 0.4) is 0 Å². The summed E-state index contributed by atoms with van der Waals surface area (Å²) >= 11 is 0. The Labute approximate surface area is 104 Å². The van der Waals surface area contributed by atoms with Gasteiger partial charge in [0.05, 0.1) is 0 Å². The van der Waals surface area contributed by atoms with Crippen molar-refractivity contribution in [3.8, 4) is 0 Å². The van der Waals surface area contributed by atoms with Gasteiger partial charge in [-0.05, 0) is 25.2 Å². The Hall–Kier alpha value is -0.770. The van der Waals surface area contributed by atoms with Gasteiger partial charge in [-0.15, -0.1) is 0 Å². The first-order valence-electron chi connectivity index (χ1n) is 6.62. The molecule has 0 heterocycles. The predicted octanol–water partition coefficient (Wildman–Crippen LogP) is 2.75. The molecule has 1 aliphatic carbocycles. The van der Waals surface area contributed by atoms with Gasteiger partial charge in [-0.25, -0.2) is 0 Å². The van der Waals surface area contributed by atoms with Gasteiger partial charge in [0.25, 0.3) is 0 Å². The molecule has 0 unspecified atom stereocenters. The number of nitrogens with two attached hydrogens (primary N) is 1. The summed E-state index contributed by atoms with van der Waals surface area (Å²) < 4.78 is 5.71.